The van der Waals surface area contributed by atoms with Crippen LogP contribution in [0.15, 0.2) is 18.2 Å². The average molecular weight is 278 g/mol. The van der Waals surface area contributed by atoms with Crippen LogP contribution >= 0.6 is 11.6 Å². The van der Waals surface area contributed by atoms with Crippen molar-refractivity contribution in [2.75, 3.05) is 31.1 Å². The number of H-pyrrole nitrogens is 1. The van der Waals surface area contributed by atoms with E-state index in [1.54, 1.807) is 0 Å². The Bertz CT molecular complexity index is 574. The number of hydrogen-bond acceptors (Lipinski definition) is 4. The normalized spacial score (nSPS) is 15.8. The summed E-state index contributed by atoms with van der Waals surface area (Å²) in [6, 6.07) is 5.81. The second kappa shape index (κ2) is 5.19. The molecule has 0 radical (unpaired) electrons. The molecule has 0 amide bonds. The van der Waals surface area contributed by atoms with Crippen LogP contribution in [0.3, 0.4) is 0 Å². The van der Waals surface area contributed by atoms with Gasteiger partial charge in [0.2, 0.25) is 5.95 Å². The van der Waals surface area contributed by atoms with E-state index in [0.717, 1.165) is 54.1 Å². The summed E-state index contributed by atoms with van der Waals surface area (Å²) in [5.74, 6) is 1.53. The van der Waals surface area contributed by atoms with Gasteiger partial charge in [-0.2, -0.15) is 4.98 Å². The fourth-order valence-electron chi connectivity index (χ4n) is 2.24. The van der Waals surface area contributed by atoms with Gasteiger partial charge in [0, 0.05) is 36.8 Å². The summed E-state index contributed by atoms with van der Waals surface area (Å²) in [6.45, 7) is 5.81. The summed E-state index contributed by atoms with van der Waals surface area (Å²) in [5.41, 5.74) is 2.02. The lowest BCUT2D eigenvalue weighted by Gasteiger charge is -2.25. The molecule has 1 aromatic carbocycles. The fourth-order valence-corrected chi connectivity index (χ4v) is 2.42. The van der Waals surface area contributed by atoms with Crippen molar-refractivity contribution in [2.45, 2.75) is 6.92 Å². The van der Waals surface area contributed by atoms with E-state index in [1.165, 1.54) is 0 Å². The zero-order chi connectivity index (χ0) is 13.2. The van der Waals surface area contributed by atoms with E-state index in [1.807, 2.05) is 25.1 Å². The minimum absolute atomic E-state index is 0.748. The van der Waals surface area contributed by atoms with Crippen LogP contribution in [-0.2, 0) is 0 Å². The van der Waals surface area contributed by atoms with Crippen molar-refractivity contribution in [1.29, 1.82) is 0 Å². The molecule has 0 unspecified atom stereocenters. The minimum atomic E-state index is 0.748. The molecular formula is C13H16ClN5. The van der Waals surface area contributed by atoms with Crippen LogP contribution < -0.4 is 10.2 Å². The Labute approximate surface area is 117 Å². The van der Waals surface area contributed by atoms with Crippen LogP contribution in [0.4, 0.5) is 5.95 Å². The molecule has 2 heterocycles. The molecule has 0 atom stereocenters. The Hall–Kier alpha value is -1.59. The van der Waals surface area contributed by atoms with Crippen LogP contribution in [0.5, 0.6) is 0 Å². The first-order chi connectivity index (χ1) is 9.25. The summed E-state index contributed by atoms with van der Waals surface area (Å²) >= 11 is 6.14. The maximum Gasteiger partial charge on any atom is 0.245 e. The first-order valence-corrected chi connectivity index (χ1v) is 6.77. The summed E-state index contributed by atoms with van der Waals surface area (Å²) in [4.78, 5) is 6.76. The predicted molar refractivity (Wildman–Crippen MR) is 76.6 cm³/mol. The van der Waals surface area contributed by atoms with Gasteiger partial charge in [-0.15, -0.1) is 5.10 Å². The van der Waals surface area contributed by atoms with Crippen LogP contribution in [0.25, 0.3) is 11.4 Å². The Morgan fingerprint density at radius 2 is 2.05 bits per heavy atom. The van der Waals surface area contributed by atoms with Crippen molar-refractivity contribution in [1.82, 2.24) is 20.5 Å². The zero-order valence-corrected chi connectivity index (χ0v) is 11.5. The number of rotatable bonds is 2. The van der Waals surface area contributed by atoms with Crippen molar-refractivity contribution >= 4 is 17.5 Å². The molecule has 1 aliphatic rings. The van der Waals surface area contributed by atoms with Crippen LogP contribution in [0.2, 0.25) is 5.02 Å². The van der Waals surface area contributed by atoms with E-state index in [2.05, 4.69) is 25.4 Å². The lowest BCUT2D eigenvalue weighted by atomic mass is 10.1. The Balaban J connectivity index is 1.90. The van der Waals surface area contributed by atoms with E-state index < -0.39 is 0 Å². The van der Waals surface area contributed by atoms with Gasteiger partial charge in [0.1, 0.15) is 0 Å². The van der Waals surface area contributed by atoms with Gasteiger partial charge in [0.05, 0.1) is 0 Å². The zero-order valence-electron chi connectivity index (χ0n) is 10.8. The second-order valence-electron chi connectivity index (χ2n) is 4.63. The van der Waals surface area contributed by atoms with Crippen LogP contribution in [-0.4, -0.2) is 41.4 Å². The number of hydrogen-bond donors (Lipinski definition) is 2. The van der Waals surface area contributed by atoms with Gasteiger partial charge in [0.25, 0.3) is 0 Å². The molecule has 100 valence electrons. The van der Waals surface area contributed by atoms with Gasteiger partial charge in [0.15, 0.2) is 5.82 Å². The molecule has 0 saturated carbocycles. The smallest absolute Gasteiger partial charge is 0.245 e. The van der Waals surface area contributed by atoms with Gasteiger partial charge in [-0.25, -0.2) is 0 Å². The molecule has 1 aromatic heterocycles. The molecule has 1 saturated heterocycles. The molecule has 2 aromatic rings. The monoisotopic (exact) mass is 277 g/mol. The van der Waals surface area contributed by atoms with E-state index in [9.17, 15) is 0 Å². The highest BCUT2D eigenvalue weighted by atomic mass is 35.5. The van der Waals surface area contributed by atoms with Gasteiger partial charge < -0.3 is 10.2 Å². The molecule has 19 heavy (non-hydrogen) atoms. The summed E-state index contributed by atoms with van der Waals surface area (Å²) < 4.78 is 0. The molecule has 0 spiro atoms. The molecule has 1 aliphatic heterocycles. The maximum absolute atomic E-state index is 6.14. The fraction of sp³-hybridized carbons (Fsp3) is 0.385. The van der Waals surface area contributed by atoms with Gasteiger partial charge in [-0.05, 0) is 18.6 Å². The lowest BCUT2D eigenvalue weighted by molar-refractivity contribution is 0.580. The molecule has 6 heteroatoms. The number of piperazine rings is 1. The van der Waals surface area contributed by atoms with E-state index in [0.29, 0.717) is 0 Å². The molecule has 0 bridgehead atoms. The third-order valence-corrected chi connectivity index (χ3v) is 3.81. The Morgan fingerprint density at radius 3 is 2.84 bits per heavy atom. The van der Waals surface area contributed by atoms with Crippen molar-refractivity contribution < 1.29 is 0 Å². The second-order valence-corrected chi connectivity index (χ2v) is 5.04. The molecule has 5 nitrogen and oxygen atoms in total. The van der Waals surface area contributed by atoms with Crippen molar-refractivity contribution in [3.05, 3.63) is 28.8 Å². The summed E-state index contributed by atoms with van der Waals surface area (Å²) in [6.07, 6.45) is 0. The predicted octanol–water partition coefficient (Wildman–Crippen LogP) is 1.84. The standard InChI is InChI=1S/C13H16ClN5/c1-9-10(3-2-4-11(9)14)12-16-13(18-17-12)19-7-5-15-6-8-19/h2-4,15H,5-8H2,1H3,(H,16,17,18). The van der Waals surface area contributed by atoms with Crippen molar-refractivity contribution in [3.8, 4) is 11.4 Å². The van der Waals surface area contributed by atoms with E-state index in [4.69, 9.17) is 11.6 Å². The van der Waals surface area contributed by atoms with Gasteiger partial charge >= 0.3 is 0 Å². The molecule has 1 fully saturated rings. The third kappa shape index (κ3) is 2.43. The number of anilines is 1. The van der Waals surface area contributed by atoms with Crippen molar-refractivity contribution in [3.63, 3.8) is 0 Å². The van der Waals surface area contributed by atoms with Crippen molar-refractivity contribution in [2.24, 2.45) is 0 Å². The Morgan fingerprint density at radius 1 is 1.26 bits per heavy atom. The molecule has 2 N–H and O–H groups in total. The van der Waals surface area contributed by atoms with Gasteiger partial charge in [-0.3, -0.25) is 5.10 Å². The number of nitrogens with one attached hydrogen (secondary N) is 2. The number of nitrogens with zero attached hydrogens (tertiary/aromatic N) is 3. The average Bonchev–Trinajstić information content (AvgIpc) is 2.92. The van der Waals surface area contributed by atoms with E-state index in [-0.39, 0.29) is 0 Å². The number of aromatic nitrogens is 3. The minimum Gasteiger partial charge on any atom is -0.337 e. The number of benzene rings is 1. The first-order valence-electron chi connectivity index (χ1n) is 6.39. The highest BCUT2D eigenvalue weighted by Gasteiger charge is 2.16. The Kier molecular flexibility index (Phi) is 3.40. The van der Waals surface area contributed by atoms with E-state index >= 15 is 0 Å². The lowest BCUT2D eigenvalue weighted by Crippen LogP contribution is -2.44. The molecule has 0 aliphatic carbocycles. The number of aromatic amines is 1. The highest BCUT2D eigenvalue weighted by molar-refractivity contribution is 6.31. The maximum atomic E-state index is 6.14. The molecular weight excluding hydrogens is 262 g/mol. The summed E-state index contributed by atoms with van der Waals surface area (Å²) in [7, 11) is 0. The highest BCUT2D eigenvalue weighted by Crippen LogP contribution is 2.26. The summed E-state index contributed by atoms with van der Waals surface area (Å²) in [5, 5.41) is 11.4. The number of halogens is 1. The quantitative estimate of drug-likeness (QED) is 0.880. The van der Waals surface area contributed by atoms with Crippen LogP contribution in [0, 0.1) is 6.92 Å². The van der Waals surface area contributed by atoms with Gasteiger partial charge in [-0.1, -0.05) is 23.7 Å². The third-order valence-electron chi connectivity index (χ3n) is 3.40. The topological polar surface area (TPSA) is 56.8 Å². The first kappa shape index (κ1) is 12.4. The molecule has 3 rings (SSSR count). The largest absolute Gasteiger partial charge is 0.337 e. The SMILES string of the molecule is Cc1c(Cl)cccc1-c1nc(N2CCNCC2)n[nH]1. The van der Waals surface area contributed by atoms with Crippen LogP contribution in [0.1, 0.15) is 5.56 Å².